The first-order valence-electron chi connectivity index (χ1n) is 12.4. The lowest BCUT2D eigenvalue weighted by atomic mass is 9.83. The first-order chi connectivity index (χ1) is 18.3. The highest BCUT2D eigenvalue weighted by Crippen LogP contribution is 2.27. The Morgan fingerprint density at radius 1 is 1.08 bits per heavy atom. The molecule has 0 radical (unpaired) electrons. The number of piperidine rings is 1. The number of aromatic nitrogens is 1. The van der Waals surface area contributed by atoms with E-state index < -0.39 is 11.4 Å². The molecule has 3 aromatic rings. The molecular weight excluding hydrogens is 488 g/mol. The van der Waals surface area contributed by atoms with Crippen LogP contribution >= 0.6 is 0 Å². The van der Waals surface area contributed by atoms with E-state index in [1.807, 2.05) is 37.3 Å². The van der Waals surface area contributed by atoms with E-state index in [2.05, 4.69) is 10.3 Å². The Bertz CT molecular complexity index is 1300. The van der Waals surface area contributed by atoms with E-state index in [-0.39, 0.29) is 24.8 Å². The van der Waals surface area contributed by atoms with Crippen molar-refractivity contribution in [1.29, 1.82) is 0 Å². The van der Waals surface area contributed by atoms with Gasteiger partial charge in [-0.3, -0.25) is 24.6 Å². The van der Waals surface area contributed by atoms with Crippen LogP contribution in [0, 0.1) is 6.92 Å². The van der Waals surface area contributed by atoms with Crippen molar-refractivity contribution in [3.63, 3.8) is 0 Å². The number of methoxy groups -OCH3 is 1. The molecule has 10 nitrogen and oxygen atoms in total. The van der Waals surface area contributed by atoms with Crippen LogP contribution in [0.25, 0.3) is 10.9 Å². The molecule has 1 aromatic heterocycles. The van der Waals surface area contributed by atoms with Crippen molar-refractivity contribution in [1.82, 2.24) is 20.7 Å². The fraction of sp³-hybridized carbons (Fsp3) is 0.357. The molecular formula is C28H32N4O6. The summed E-state index contributed by atoms with van der Waals surface area (Å²) in [6.07, 6.45) is 0.617. The molecule has 3 amide bonds. The standard InChI is InChI=1S/C28H32N4O6/c1-19-15-21(23-5-3-4-6-24(23)29-19)17-38-22-9-7-20(8-10-22)27(35)30-28(16-25(33)31-36)11-13-32(14-12-28)26(34)18-37-2/h3-10,15,36H,11-14,16-18H2,1-2H3,(H,30,35)(H,31,33). The number of rotatable bonds is 9. The van der Waals surface area contributed by atoms with Gasteiger partial charge >= 0.3 is 0 Å². The van der Waals surface area contributed by atoms with E-state index in [1.54, 1.807) is 34.6 Å². The Morgan fingerprint density at radius 3 is 2.47 bits per heavy atom. The molecule has 1 saturated heterocycles. The van der Waals surface area contributed by atoms with Crippen molar-refractivity contribution in [2.24, 2.45) is 0 Å². The molecule has 38 heavy (non-hydrogen) atoms. The second-order valence-electron chi connectivity index (χ2n) is 9.51. The number of likely N-dealkylation sites (tertiary alicyclic amines) is 1. The molecule has 0 unspecified atom stereocenters. The van der Waals surface area contributed by atoms with Crippen LogP contribution in [0.15, 0.2) is 54.6 Å². The molecule has 0 atom stereocenters. The Kier molecular flexibility index (Phi) is 8.55. The van der Waals surface area contributed by atoms with Gasteiger partial charge in [-0.05, 0) is 56.2 Å². The Morgan fingerprint density at radius 2 is 1.79 bits per heavy atom. The van der Waals surface area contributed by atoms with Crippen LogP contribution in [-0.4, -0.2) is 65.2 Å². The summed E-state index contributed by atoms with van der Waals surface area (Å²) < 4.78 is 10.9. The minimum absolute atomic E-state index is 0.0259. The summed E-state index contributed by atoms with van der Waals surface area (Å²) in [5.74, 6) is -0.497. The monoisotopic (exact) mass is 520 g/mol. The Hall–Kier alpha value is -4.02. The zero-order valence-electron chi connectivity index (χ0n) is 21.5. The van der Waals surface area contributed by atoms with Crippen molar-refractivity contribution < 1.29 is 29.1 Å². The minimum Gasteiger partial charge on any atom is -0.489 e. The van der Waals surface area contributed by atoms with E-state index in [4.69, 9.17) is 14.7 Å². The summed E-state index contributed by atoms with van der Waals surface area (Å²) in [6, 6.07) is 16.7. The number of benzene rings is 2. The molecule has 2 heterocycles. The minimum atomic E-state index is -0.900. The fourth-order valence-corrected chi connectivity index (χ4v) is 4.78. The van der Waals surface area contributed by atoms with Crippen LogP contribution in [0.3, 0.4) is 0 Å². The maximum atomic E-state index is 13.1. The molecule has 1 fully saturated rings. The van der Waals surface area contributed by atoms with Crippen LogP contribution in [-0.2, 0) is 20.9 Å². The van der Waals surface area contributed by atoms with E-state index in [0.29, 0.717) is 43.9 Å². The highest BCUT2D eigenvalue weighted by atomic mass is 16.5. The number of carbonyl (C=O) groups is 3. The Labute approximate surface area is 220 Å². The number of hydrogen-bond donors (Lipinski definition) is 3. The zero-order valence-corrected chi connectivity index (χ0v) is 21.5. The summed E-state index contributed by atoms with van der Waals surface area (Å²) in [6.45, 7) is 2.99. The molecule has 0 bridgehead atoms. The molecule has 0 spiro atoms. The van der Waals surface area contributed by atoms with Crippen LogP contribution in [0.2, 0.25) is 0 Å². The molecule has 3 N–H and O–H groups in total. The van der Waals surface area contributed by atoms with Gasteiger partial charge in [-0.1, -0.05) is 18.2 Å². The van der Waals surface area contributed by atoms with E-state index in [1.165, 1.54) is 7.11 Å². The number of pyridine rings is 1. The number of nitrogens with zero attached hydrogens (tertiary/aromatic N) is 2. The van der Waals surface area contributed by atoms with E-state index >= 15 is 0 Å². The molecule has 1 aliphatic rings. The lowest BCUT2D eigenvalue weighted by molar-refractivity contribution is -0.137. The number of amides is 3. The quantitative estimate of drug-likeness (QED) is 0.292. The molecule has 10 heteroatoms. The SMILES string of the molecule is COCC(=O)N1CCC(CC(=O)NO)(NC(=O)c2ccc(OCc3cc(C)nc4ccccc34)cc2)CC1. The first kappa shape index (κ1) is 27.0. The van der Waals surface area contributed by atoms with Crippen molar-refractivity contribution in [3.05, 3.63) is 71.4 Å². The molecule has 200 valence electrons. The zero-order chi connectivity index (χ0) is 27.1. The van der Waals surface area contributed by atoms with Gasteiger partial charge < -0.3 is 19.7 Å². The molecule has 4 rings (SSSR count). The number of hydroxylamine groups is 1. The molecule has 0 aliphatic carbocycles. The second kappa shape index (κ2) is 12.0. The normalized spacial score (nSPS) is 14.7. The summed E-state index contributed by atoms with van der Waals surface area (Å²) in [4.78, 5) is 43.5. The number of carbonyl (C=O) groups excluding carboxylic acids is 3. The number of nitrogens with one attached hydrogen (secondary N) is 2. The number of hydrogen-bond acceptors (Lipinski definition) is 7. The van der Waals surface area contributed by atoms with Gasteiger partial charge in [0.25, 0.3) is 5.91 Å². The van der Waals surface area contributed by atoms with E-state index in [9.17, 15) is 14.4 Å². The fourth-order valence-electron chi connectivity index (χ4n) is 4.78. The van der Waals surface area contributed by atoms with Gasteiger partial charge in [0, 0.05) is 42.4 Å². The molecule has 1 aliphatic heterocycles. The first-order valence-corrected chi connectivity index (χ1v) is 12.4. The Balaban J connectivity index is 1.41. The van der Waals surface area contributed by atoms with Crippen LogP contribution in [0.1, 0.15) is 40.9 Å². The largest absolute Gasteiger partial charge is 0.489 e. The van der Waals surface area contributed by atoms with E-state index in [0.717, 1.165) is 22.2 Å². The lowest BCUT2D eigenvalue weighted by Gasteiger charge is -2.42. The third kappa shape index (κ3) is 6.45. The van der Waals surface area contributed by atoms with Crippen molar-refractivity contribution in [2.75, 3.05) is 26.8 Å². The van der Waals surface area contributed by atoms with Gasteiger partial charge in [-0.15, -0.1) is 0 Å². The van der Waals surface area contributed by atoms with Crippen LogP contribution in [0.5, 0.6) is 5.75 Å². The highest BCUT2D eigenvalue weighted by molar-refractivity contribution is 5.95. The third-order valence-corrected chi connectivity index (χ3v) is 6.78. The maximum absolute atomic E-state index is 13.1. The van der Waals surface area contributed by atoms with Gasteiger partial charge in [0.05, 0.1) is 17.5 Å². The summed E-state index contributed by atoms with van der Waals surface area (Å²) in [7, 11) is 1.45. The summed E-state index contributed by atoms with van der Waals surface area (Å²) in [5.41, 5.74) is 3.99. The number of ether oxygens (including phenoxy) is 2. The van der Waals surface area contributed by atoms with Crippen molar-refractivity contribution in [3.8, 4) is 5.75 Å². The topological polar surface area (TPSA) is 130 Å². The summed E-state index contributed by atoms with van der Waals surface area (Å²) >= 11 is 0. The highest BCUT2D eigenvalue weighted by Gasteiger charge is 2.39. The van der Waals surface area contributed by atoms with Gasteiger partial charge in [-0.25, -0.2) is 5.48 Å². The number of para-hydroxylation sites is 1. The lowest BCUT2D eigenvalue weighted by Crippen LogP contribution is -2.58. The van der Waals surface area contributed by atoms with Gasteiger partial charge in [0.15, 0.2) is 0 Å². The summed E-state index contributed by atoms with van der Waals surface area (Å²) in [5, 5.41) is 13.1. The molecule has 2 aromatic carbocycles. The average molecular weight is 521 g/mol. The van der Waals surface area contributed by atoms with Gasteiger partial charge in [0.1, 0.15) is 19.0 Å². The number of aryl methyl sites for hydroxylation is 1. The maximum Gasteiger partial charge on any atom is 0.251 e. The van der Waals surface area contributed by atoms with Crippen molar-refractivity contribution >= 4 is 28.6 Å². The number of fused-ring (bicyclic) bond motifs is 1. The van der Waals surface area contributed by atoms with Crippen LogP contribution < -0.4 is 15.5 Å². The van der Waals surface area contributed by atoms with Gasteiger partial charge in [0.2, 0.25) is 11.8 Å². The third-order valence-electron chi connectivity index (χ3n) is 6.78. The van der Waals surface area contributed by atoms with Gasteiger partial charge in [-0.2, -0.15) is 0 Å². The average Bonchev–Trinajstić information content (AvgIpc) is 2.92. The molecule has 0 saturated carbocycles. The predicted molar refractivity (Wildman–Crippen MR) is 140 cm³/mol. The second-order valence-corrected chi connectivity index (χ2v) is 9.51. The smallest absolute Gasteiger partial charge is 0.251 e. The predicted octanol–water partition coefficient (Wildman–Crippen LogP) is 2.76. The van der Waals surface area contributed by atoms with Crippen LogP contribution in [0.4, 0.5) is 0 Å². The van der Waals surface area contributed by atoms with Crippen molar-refractivity contribution in [2.45, 2.75) is 38.3 Å².